The van der Waals surface area contributed by atoms with Gasteiger partial charge in [0.1, 0.15) is 6.33 Å². The van der Waals surface area contributed by atoms with Crippen LogP contribution in [0.1, 0.15) is 13.8 Å². The van der Waals surface area contributed by atoms with Crippen molar-refractivity contribution in [2.45, 2.75) is 19.0 Å². The van der Waals surface area contributed by atoms with Crippen molar-refractivity contribution in [1.29, 1.82) is 0 Å². The molecule has 8 nitrogen and oxygen atoms in total. The highest BCUT2D eigenvalue weighted by Crippen LogP contribution is 2.10. The average Bonchev–Trinajstić information content (AvgIpc) is 2.98. The quantitative estimate of drug-likeness (QED) is 0.663. The molecule has 0 saturated carbocycles. The Balaban J connectivity index is 3.07. The maximum Gasteiger partial charge on any atom is 0.346 e. The first-order chi connectivity index (χ1) is 10.4. The molecule has 1 aromatic heterocycles. The molecule has 9 heteroatoms. The van der Waals surface area contributed by atoms with Crippen LogP contribution in [-0.2, 0) is 10.0 Å². The van der Waals surface area contributed by atoms with E-state index in [0.717, 1.165) is 11.0 Å². The van der Waals surface area contributed by atoms with Crippen LogP contribution in [0.25, 0.3) is 0 Å². The summed E-state index contributed by atoms with van der Waals surface area (Å²) in [5.41, 5.74) is 0. The zero-order valence-corrected chi connectivity index (χ0v) is 13.7. The molecule has 0 fully saturated rings. The van der Waals surface area contributed by atoms with Crippen molar-refractivity contribution in [3.05, 3.63) is 31.6 Å². The van der Waals surface area contributed by atoms with Crippen LogP contribution in [0.3, 0.4) is 0 Å². The number of hydrogen-bond donors (Lipinski definition) is 0. The van der Waals surface area contributed by atoms with E-state index >= 15 is 0 Å². The van der Waals surface area contributed by atoms with E-state index < -0.39 is 16.1 Å². The molecule has 122 valence electrons. The van der Waals surface area contributed by atoms with Gasteiger partial charge in [-0.05, 0) is 0 Å². The lowest BCUT2D eigenvalue weighted by Crippen LogP contribution is -2.36. The highest BCUT2D eigenvalue weighted by atomic mass is 32.2. The summed E-state index contributed by atoms with van der Waals surface area (Å²) in [6.07, 6.45) is 4.22. The lowest BCUT2D eigenvalue weighted by atomic mass is 10.5. The zero-order valence-electron chi connectivity index (χ0n) is 12.8. The molecule has 1 heterocycles. The topological polar surface area (TPSA) is 88.4 Å². The summed E-state index contributed by atoms with van der Waals surface area (Å²) < 4.78 is 26.7. The van der Waals surface area contributed by atoms with Gasteiger partial charge in [0.25, 0.3) is 15.2 Å². The second kappa shape index (κ2) is 7.85. The zero-order chi connectivity index (χ0) is 16.8. The molecule has 0 atom stereocenters. The molecule has 0 spiro atoms. The average molecular weight is 327 g/mol. The van der Waals surface area contributed by atoms with Gasteiger partial charge in [-0.1, -0.05) is 26.0 Å². The van der Waals surface area contributed by atoms with E-state index in [9.17, 15) is 13.2 Å². The molecule has 0 aliphatic heterocycles. The fourth-order valence-corrected chi connectivity index (χ4v) is 3.11. The Morgan fingerprint density at radius 1 is 1.27 bits per heavy atom. The van der Waals surface area contributed by atoms with Crippen LogP contribution in [0.2, 0.25) is 0 Å². The Hall–Kier alpha value is -2.00. The monoisotopic (exact) mass is 327 g/mol. The molecule has 0 radical (unpaired) electrons. The Morgan fingerprint density at radius 3 is 2.27 bits per heavy atom. The van der Waals surface area contributed by atoms with E-state index in [1.807, 2.05) is 0 Å². The third kappa shape index (κ3) is 3.80. The number of aromatic nitrogens is 3. The fraction of sp³-hybridized carbons (Fsp3) is 0.462. The van der Waals surface area contributed by atoms with Crippen molar-refractivity contribution in [3.8, 4) is 0 Å². The predicted molar refractivity (Wildman–Crippen MR) is 82.9 cm³/mol. The molecule has 22 heavy (non-hydrogen) atoms. The summed E-state index contributed by atoms with van der Waals surface area (Å²) in [7, 11) is -3.78. The van der Waals surface area contributed by atoms with Crippen molar-refractivity contribution in [1.82, 2.24) is 24.0 Å². The van der Waals surface area contributed by atoms with Crippen molar-refractivity contribution in [2.24, 2.45) is 0 Å². The van der Waals surface area contributed by atoms with Gasteiger partial charge in [-0.3, -0.25) is 0 Å². The summed E-state index contributed by atoms with van der Waals surface area (Å²) in [6.45, 7) is 11.8. The Labute approximate surface area is 130 Å². The van der Waals surface area contributed by atoms with Crippen LogP contribution < -0.4 is 0 Å². The van der Waals surface area contributed by atoms with Crippen LogP contribution in [0.15, 0.2) is 36.8 Å². The summed E-state index contributed by atoms with van der Waals surface area (Å²) in [5.74, 6) is 0. The molecular formula is C13H21N5O3S. The van der Waals surface area contributed by atoms with Gasteiger partial charge < -0.3 is 4.90 Å². The summed E-state index contributed by atoms with van der Waals surface area (Å²) in [6, 6.07) is -0.492. The molecular weight excluding hydrogens is 306 g/mol. The first-order valence-corrected chi connectivity index (χ1v) is 8.29. The maximum absolute atomic E-state index is 12.3. The molecule has 0 bridgehead atoms. The van der Waals surface area contributed by atoms with Crippen LogP contribution in [-0.4, -0.2) is 64.6 Å². The summed E-state index contributed by atoms with van der Waals surface area (Å²) in [4.78, 5) is 17.4. The van der Waals surface area contributed by atoms with E-state index in [1.165, 1.54) is 9.21 Å². The second-order valence-electron chi connectivity index (χ2n) is 4.33. The molecule has 0 aromatic carbocycles. The first-order valence-electron chi connectivity index (χ1n) is 6.85. The van der Waals surface area contributed by atoms with Gasteiger partial charge in [-0.25, -0.2) is 18.2 Å². The normalized spacial score (nSPS) is 11.4. The van der Waals surface area contributed by atoms with Crippen molar-refractivity contribution >= 4 is 16.1 Å². The molecule has 1 rings (SSSR count). The van der Waals surface area contributed by atoms with Gasteiger partial charge in [0.2, 0.25) is 0 Å². The fourth-order valence-electron chi connectivity index (χ4n) is 1.82. The number of rotatable bonds is 8. The minimum absolute atomic E-state index is 0.294. The predicted octanol–water partition coefficient (Wildman–Crippen LogP) is 0.951. The van der Waals surface area contributed by atoms with Crippen molar-refractivity contribution < 1.29 is 13.2 Å². The van der Waals surface area contributed by atoms with E-state index in [1.54, 1.807) is 26.0 Å². The molecule has 0 aliphatic carbocycles. The third-order valence-electron chi connectivity index (χ3n) is 2.91. The number of carbonyl (C=O) groups excluding carboxylic acids is 1. The van der Waals surface area contributed by atoms with E-state index in [0.29, 0.717) is 26.2 Å². The van der Waals surface area contributed by atoms with Crippen LogP contribution >= 0.6 is 0 Å². The van der Waals surface area contributed by atoms with Crippen molar-refractivity contribution in [3.63, 3.8) is 0 Å². The summed E-state index contributed by atoms with van der Waals surface area (Å²) in [5, 5.41) is 3.41. The van der Waals surface area contributed by atoms with Crippen LogP contribution in [0, 0.1) is 0 Å². The largest absolute Gasteiger partial charge is 0.346 e. The highest BCUT2D eigenvalue weighted by Gasteiger charge is 2.27. The van der Waals surface area contributed by atoms with Gasteiger partial charge in [0, 0.05) is 26.2 Å². The van der Waals surface area contributed by atoms with Gasteiger partial charge in [0.15, 0.2) is 0 Å². The maximum atomic E-state index is 12.3. The number of nitrogens with zero attached hydrogens (tertiary/aromatic N) is 5. The number of sulfonamides is 1. The number of carbonyl (C=O) groups is 1. The van der Waals surface area contributed by atoms with Gasteiger partial charge in [-0.15, -0.1) is 18.3 Å². The molecule has 0 saturated heterocycles. The Kier molecular flexibility index (Phi) is 6.44. The minimum Gasteiger partial charge on any atom is -0.315 e. The lowest BCUT2D eigenvalue weighted by molar-refractivity contribution is 0.206. The Bertz CT molecular complexity index is 624. The van der Waals surface area contributed by atoms with Crippen LogP contribution in [0.4, 0.5) is 4.79 Å². The number of amides is 1. The third-order valence-corrected chi connectivity index (χ3v) is 4.76. The second-order valence-corrected chi connectivity index (χ2v) is 6.16. The van der Waals surface area contributed by atoms with Gasteiger partial charge in [-0.2, -0.15) is 8.99 Å². The summed E-state index contributed by atoms with van der Waals surface area (Å²) >= 11 is 0. The SMILES string of the molecule is C=CCN(CC=C)C(=O)n1cnc(S(=O)(=O)N(CC)CC)n1. The van der Waals surface area contributed by atoms with E-state index in [4.69, 9.17) is 0 Å². The van der Waals surface area contributed by atoms with Gasteiger partial charge in [0.05, 0.1) is 0 Å². The van der Waals surface area contributed by atoms with Crippen molar-refractivity contribution in [2.75, 3.05) is 26.2 Å². The molecule has 0 aliphatic rings. The molecule has 1 aromatic rings. The highest BCUT2D eigenvalue weighted by molar-refractivity contribution is 7.88. The molecule has 0 unspecified atom stereocenters. The molecule has 0 N–H and O–H groups in total. The lowest BCUT2D eigenvalue weighted by Gasteiger charge is -2.18. The minimum atomic E-state index is -3.78. The molecule has 1 amide bonds. The van der Waals surface area contributed by atoms with Crippen LogP contribution in [0.5, 0.6) is 0 Å². The smallest absolute Gasteiger partial charge is 0.315 e. The standard InChI is InChI=1S/C13H21N5O3S/c1-5-9-16(10-6-2)13(19)18-11-14-12(15-18)22(20,21)17(7-3)8-4/h5-6,11H,1-2,7-10H2,3-4H3. The number of hydrogen-bond acceptors (Lipinski definition) is 5. The first kappa shape index (κ1) is 18.1. The van der Waals surface area contributed by atoms with Gasteiger partial charge >= 0.3 is 6.03 Å². The van der Waals surface area contributed by atoms with E-state index in [-0.39, 0.29) is 5.16 Å². The van der Waals surface area contributed by atoms with E-state index in [2.05, 4.69) is 23.2 Å². The Morgan fingerprint density at radius 2 is 1.82 bits per heavy atom.